The maximum atomic E-state index is 12.3. The van der Waals surface area contributed by atoms with Gasteiger partial charge in [-0.25, -0.2) is 4.98 Å². The number of rotatable bonds is 3. The Kier molecular flexibility index (Phi) is 3.21. The van der Waals surface area contributed by atoms with Crippen LogP contribution in [0.3, 0.4) is 0 Å². The molecule has 0 radical (unpaired) electrons. The van der Waals surface area contributed by atoms with Gasteiger partial charge in [-0.1, -0.05) is 0 Å². The van der Waals surface area contributed by atoms with Gasteiger partial charge in [0.25, 0.3) is 0 Å². The Hall–Kier alpha value is -2.60. The highest BCUT2D eigenvalue weighted by Crippen LogP contribution is 2.35. The third-order valence-electron chi connectivity index (χ3n) is 5.47. The molecule has 0 bridgehead atoms. The molecule has 4 heterocycles. The van der Waals surface area contributed by atoms with Crippen molar-refractivity contribution in [3.8, 4) is 11.1 Å². The summed E-state index contributed by atoms with van der Waals surface area (Å²) in [5.41, 5.74) is 4.26. The predicted molar refractivity (Wildman–Crippen MR) is 90.9 cm³/mol. The van der Waals surface area contributed by atoms with E-state index in [9.17, 15) is 9.90 Å². The van der Waals surface area contributed by atoms with E-state index in [2.05, 4.69) is 11.1 Å². The molecule has 1 aliphatic heterocycles. The van der Waals surface area contributed by atoms with Crippen LogP contribution in [0.1, 0.15) is 24.5 Å². The van der Waals surface area contributed by atoms with Crippen molar-refractivity contribution in [3.63, 3.8) is 0 Å². The van der Waals surface area contributed by atoms with Gasteiger partial charge < -0.3 is 18.8 Å². The molecule has 0 unspecified atom stereocenters. The van der Waals surface area contributed by atoms with E-state index in [0.717, 1.165) is 22.3 Å². The normalized spacial score (nSPS) is 23.5. The number of imidazole rings is 1. The summed E-state index contributed by atoms with van der Waals surface area (Å²) in [6.07, 6.45) is 8.18. The highest BCUT2D eigenvalue weighted by Gasteiger charge is 2.41. The van der Waals surface area contributed by atoms with E-state index in [0.29, 0.717) is 25.9 Å². The third-order valence-corrected chi connectivity index (χ3v) is 5.47. The Balaban J connectivity index is 1.35. The lowest BCUT2D eigenvalue weighted by Gasteiger charge is -2.43. The van der Waals surface area contributed by atoms with Gasteiger partial charge in [-0.2, -0.15) is 0 Å². The minimum atomic E-state index is -0.288. The summed E-state index contributed by atoms with van der Waals surface area (Å²) >= 11 is 0. The maximum absolute atomic E-state index is 12.3. The van der Waals surface area contributed by atoms with Gasteiger partial charge >= 0.3 is 0 Å². The van der Waals surface area contributed by atoms with Gasteiger partial charge in [-0.05, 0) is 36.6 Å². The quantitative estimate of drug-likeness (QED) is 0.796. The van der Waals surface area contributed by atoms with Crippen LogP contribution < -0.4 is 0 Å². The van der Waals surface area contributed by atoms with Gasteiger partial charge in [-0.3, -0.25) is 4.79 Å². The molecule has 2 fully saturated rings. The molecule has 2 aliphatic rings. The first-order chi connectivity index (χ1) is 12.2. The number of hydrogen-bond acceptors (Lipinski definition) is 4. The summed E-state index contributed by atoms with van der Waals surface area (Å²) < 4.78 is 7.19. The van der Waals surface area contributed by atoms with Crippen molar-refractivity contribution >= 4 is 11.4 Å². The molecule has 1 saturated carbocycles. The highest BCUT2D eigenvalue weighted by molar-refractivity contribution is 5.81. The SMILES string of the molecule is O=C(C1CC(O)C1)N1CC(c2ncn3ccc(-c4ccoc4)cc23)C1. The zero-order valence-electron chi connectivity index (χ0n) is 13.7. The number of pyridine rings is 1. The van der Waals surface area contributed by atoms with Crippen molar-refractivity contribution < 1.29 is 14.3 Å². The van der Waals surface area contributed by atoms with Crippen LogP contribution in [0.25, 0.3) is 16.6 Å². The number of aromatic nitrogens is 2. The summed E-state index contributed by atoms with van der Waals surface area (Å²) in [5, 5.41) is 9.37. The average Bonchev–Trinajstić information content (AvgIpc) is 3.20. The zero-order chi connectivity index (χ0) is 17.0. The van der Waals surface area contributed by atoms with Crippen LogP contribution in [0.4, 0.5) is 0 Å². The highest BCUT2D eigenvalue weighted by atomic mass is 16.3. The smallest absolute Gasteiger partial charge is 0.225 e. The van der Waals surface area contributed by atoms with E-state index in [4.69, 9.17) is 4.42 Å². The number of aliphatic hydroxyl groups is 1. The van der Waals surface area contributed by atoms with Crippen LogP contribution >= 0.6 is 0 Å². The molecule has 25 heavy (non-hydrogen) atoms. The second kappa shape index (κ2) is 5.46. The van der Waals surface area contributed by atoms with Gasteiger partial charge in [-0.15, -0.1) is 0 Å². The number of likely N-dealkylation sites (tertiary alicyclic amines) is 1. The molecule has 1 saturated heterocycles. The number of carbonyl (C=O) groups is 1. The van der Waals surface area contributed by atoms with Gasteiger partial charge in [0, 0.05) is 36.7 Å². The van der Waals surface area contributed by atoms with Crippen LogP contribution in [-0.2, 0) is 4.79 Å². The number of amides is 1. The van der Waals surface area contributed by atoms with Gasteiger partial charge in [0.1, 0.15) is 0 Å². The summed E-state index contributed by atoms with van der Waals surface area (Å²) in [5.74, 6) is 0.477. The minimum Gasteiger partial charge on any atom is -0.472 e. The lowest BCUT2D eigenvalue weighted by molar-refractivity contribution is -0.147. The van der Waals surface area contributed by atoms with E-state index in [1.807, 2.05) is 34.0 Å². The van der Waals surface area contributed by atoms with Crippen LogP contribution in [0.15, 0.2) is 47.7 Å². The molecule has 0 aromatic carbocycles. The van der Waals surface area contributed by atoms with E-state index in [1.165, 1.54) is 0 Å². The van der Waals surface area contributed by atoms with Crippen molar-refractivity contribution in [1.82, 2.24) is 14.3 Å². The van der Waals surface area contributed by atoms with Crippen LogP contribution in [0.5, 0.6) is 0 Å². The average molecular weight is 337 g/mol. The molecule has 1 aliphatic carbocycles. The van der Waals surface area contributed by atoms with E-state index >= 15 is 0 Å². The monoisotopic (exact) mass is 337 g/mol. The number of fused-ring (bicyclic) bond motifs is 1. The van der Waals surface area contributed by atoms with Crippen molar-refractivity contribution in [3.05, 3.63) is 48.9 Å². The van der Waals surface area contributed by atoms with Crippen molar-refractivity contribution in [2.24, 2.45) is 5.92 Å². The molecule has 3 aromatic heterocycles. The second-order valence-corrected chi connectivity index (χ2v) is 7.11. The summed E-state index contributed by atoms with van der Waals surface area (Å²) in [4.78, 5) is 18.8. The standard InChI is InChI=1S/C19H19N3O3/c23-16-5-14(6-16)19(24)22-8-15(9-22)18-17-7-12(13-2-4-25-10-13)1-3-21(17)11-20-18/h1-4,7,10-11,14-16,23H,5-6,8-9H2. The fourth-order valence-corrected chi connectivity index (χ4v) is 3.81. The molecule has 1 amide bonds. The Morgan fingerprint density at radius 1 is 1.24 bits per heavy atom. The topological polar surface area (TPSA) is 71.0 Å². The Labute approximate surface area is 144 Å². The van der Waals surface area contributed by atoms with Crippen LogP contribution in [0, 0.1) is 5.92 Å². The molecular formula is C19H19N3O3. The summed E-state index contributed by atoms with van der Waals surface area (Å²) in [7, 11) is 0. The summed E-state index contributed by atoms with van der Waals surface area (Å²) in [6, 6.07) is 6.11. The Bertz CT molecular complexity index is 919. The fraction of sp³-hybridized carbons (Fsp3) is 0.368. The van der Waals surface area contributed by atoms with E-state index in [-0.39, 0.29) is 23.8 Å². The first-order valence-corrected chi connectivity index (χ1v) is 8.65. The summed E-state index contributed by atoms with van der Waals surface area (Å²) in [6.45, 7) is 1.43. The molecule has 5 rings (SSSR count). The Morgan fingerprint density at radius 3 is 2.80 bits per heavy atom. The molecule has 1 N–H and O–H groups in total. The Morgan fingerprint density at radius 2 is 2.08 bits per heavy atom. The number of hydrogen-bond donors (Lipinski definition) is 1. The minimum absolute atomic E-state index is 0.0161. The van der Waals surface area contributed by atoms with Crippen molar-refractivity contribution in [1.29, 1.82) is 0 Å². The van der Waals surface area contributed by atoms with E-state index < -0.39 is 0 Å². The molecule has 0 atom stereocenters. The number of furan rings is 1. The molecule has 0 spiro atoms. The molecular weight excluding hydrogens is 318 g/mol. The third kappa shape index (κ3) is 2.36. The first-order valence-electron chi connectivity index (χ1n) is 8.65. The maximum Gasteiger partial charge on any atom is 0.225 e. The molecule has 6 heteroatoms. The van der Waals surface area contributed by atoms with Crippen LogP contribution in [-0.4, -0.2) is 44.5 Å². The van der Waals surface area contributed by atoms with Crippen LogP contribution in [0.2, 0.25) is 0 Å². The van der Waals surface area contributed by atoms with Gasteiger partial charge in [0.2, 0.25) is 5.91 Å². The number of nitrogens with zero attached hydrogens (tertiary/aromatic N) is 3. The number of carbonyl (C=O) groups excluding carboxylic acids is 1. The van der Waals surface area contributed by atoms with Gasteiger partial charge in [0.15, 0.2) is 0 Å². The van der Waals surface area contributed by atoms with Gasteiger partial charge in [0.05, 0.1) is 36.2 Å². The van der Waals surface area contributed by atoms with Crippen molar-refractivity contribution in [2.45, 2.75) is 24.9 Å². The molecule has 3 aromatic rings. The second-order valence-electron chi connectivity index (χ2n) is 7.11. The number of aliphatic hydroxyl groups excluding tert-OH is 1. The molecule has 128 valence electrons. The lowest BCUT2D eigenvalue weighted by atomic mass is 9.80. The first kappa shape index (κ1) is 14.7. The largest absolute Gasteiger partial charge is 0.472 e. The predicted octanol–water partition coefficient (Wildman–Crippen LogP) is 2.29. The zero-order valence-corrected chi connectivity index (χ0v) is 13.7. The lowest BCUT2D eigenvalue weighted by Crippen LogP contribution is -2.53. The molecule has 6 nitrogen and oxygen atoms in total. The van der Waals surface area contributed by atoms with E-state index in [1.54, 1.807) is 12.5 Å². The fourth-order valence-electron chi connectivity index (χ4n) is 3.81. The van der Waals surface area contributed by atoms with Crippen molar-refractivity contribution in [2.75, 3.05) is 13.1 Å².